The van der Waals surface area contributed by atoms with Gasteiger partial charge in [-0.3, -0.25) is 4.68 Å². The third-order valence-electron chi connectivity index (χ3n) is 2.92. The average Bonchev–Trinajstić information content (AvgIpc) is 2.76. The van der Waals surface area contributed by atoms with Gasteiger partial charge in [0, 0.05) is 26.3 Å². The van der Waals surface area contributed by atoms with E-state index in [1.807, 2.05) is 0 Å². The average molecular weight is 287 g/mol. The first kappa shape index (κ1) is 14.5. The molecular weight excluding hydrogens is 274 g/mol. The molecule has 0 spiro atoms. The normalized spacial score (nSPS) is 11.8. The molecule has 0 saturated heterocycles. The van der Waals surface area contributed by atoms with Crippen LogP contribution >= 0.6 is 0 Å². The van der Waals surface area contributed by atoms with Gasteiger partial charge in [0.05, 0.1) is 11.3 Å². The van der Waals surface area contributed by atoms with Gasteiger partial charge in [0.2, 0.25) is 0 Å². The van der Waals surface area contributed by atoms with Crippen LogP contribution in [-0.4, -0.2) is 9.78 Å². The zero-order valence-electron chi connectivity index (χ0n) is 10.7. The summed E-state index contributed by atoms with van der Waals surface area (Å²) in [5.74, 6) is -0.896. The van der Waals surface area contributed by atoms with Crippen molar-refractivity contribution < 1.29 is 17.6 Å². The fourth-order valence-corrected chi connectivity index (χ4v) is 1.87. The first-order valence-electron chi connectivity index (χ1n) is 5.91. The fraction of sp³-hybridized carbons (Fsp3) is 0.308. The van der Waals surface area contributed by atoms with Crippen LogP contribution in [0.4, 0.5) is 17.6 Å². The molecule has 3 nitrogen and oxygen atoms in total. The molecule has 0 radical (unpaired) electrons. The molecule has 1 aromatic carbocycles. The summed E-state index contributed by atoms with van der Waals surface area (Å²) < 4.78 is 52.9. The Balaban J connectivity index is 2.08. The number of hydrogen-bond donors (Lipinski definition) is 1. The van der Waals surface area contributed by atoms with E-state index in [0.717, 1.165) is 17.8 Å². The van der Waals surface area contributed by atoms with Crippen LogP contribution in [0.2, 0.25) is 0 Å². The molecule has 108 valence electrons. The predicted molar refractivity (Wildman–Crippen MR) is 65.2 cm³/mol. The van der Waals surface area contributed by atoms with Crippen LogP contribution in [0.5, 0.6) is 0 Å². The highest BCUT2D eigenvalue weighted by atomic mass is 19.4. The van der Waals surface area contributed by atoms with E-state index >= 15 is 0 Å². The summed E-state index contributed by atoms with van der Waals surface area (Å²) in [5.41, 5.74) is -0.0863. The summed E-state index contributed by atoms with van der Waals surface area (Å²) in [6.45, 7) is 0.380. The molecule has 0 saturated carbocycles. The summed E-state index contributed by atoms with van der Waals surface area (Å²) in [7, 11) is 1.75. The first-order chi connectivity index (χ1) is 9.38. The molecule has 0 fully saturated rings. The van der Waals surface area contributed by atoms with Crippen molar-refractivity contribution in [3.8, 4) is 0 Å². The highest BCUT2D eigenvalue weighted by Gasteiger charge is 2.33. The number of alkyl halides is 3. The first-order valence-corrected chi connectivity index (χ1v) is 5.91. The SMILES string of the molecule is Cn1nccc1CNCc1ccc(F)cc1C(F)(F)F. The minimum Gasteiger partial charge on any atom is -0.307 e. The molecule has 1 aromatic heterocycles. The lowest BCUT2D eigenvalue weighted by molar-refractivity contribution is -0.138. The Labute approximate surface area is 113 Å². The molecule has 1 N–H and O–H groups in total. The molecule has 2 rings (SSSR count). The number of nitrogens with one attached hydrogen (secondary N) is 1. The van der Waals surface area contributed by atoms with E-state index in [1.54, 1.807) is 24.0 Å². The number of rotatable bonds is 4. The number of benzene rings is 1. The Morgan fingerprint density at radius 3 is 2.55 bits per heavy atom. The van der Waals surface area contributed by atoms with Crippen molar-refractivity contribution in [2.75, 3.05) is 0 Å². The van der Waals surface area contributed by atoms with E-state index in [9.17, 15) is 17.6 Å². The van der Waals surface area contributed by atoms with Gasteiger partial charge < -0.3 is 5.32 Å². The van der Waals surface area contributed by atoms with Crippen LogP contribution in [0.3, 0.4) is 0 Å². The van der Waals surface area contributed by atoms with Crippen molar-refractivity contribution in [1.29, 1.82) is 0 Å². The monoisotopic (exact) mass is 287 g/mol. The van der Waals surface area contributed by atoms with Crippen molar-refractivity contribution in [2.24, 2.45) is 7.05 Å². The number of nitrogens with zero attached hydrogens (tertiary/aromatic N) is 2. The molecule has 0 bridgehead atoms. The Hall–Kier alpha value is -1.89. The van der Waals surface area contributed by atoms with Crippen molar-refractivity contribution >= 4 is 0 Å². The second-order valence-corrected chi connectivity index (χ2v) is 4.35. The molecule has 0 aliphatic heterocycles. The fourth-order valence-electron chi connectivity index (χ4n) is 1.87. The lowest BCUT2D eigenvalue weighted by Crippen LogP contribution is -2.19. The third kappa shape index (κ3) is 3.36. The highest BCUT2D eigenvalue weighted by molar-refractivity contribution is 5.30. The molecule has 0 aliphatic carbocycles. The second-order valence-electron chi connectivity index (χ2n) is 4.35. The molecule has 20 heavy (non-hydrogen) atoms. The van der Waals surface area contributed by atoms with Crippen LogP contribution in [0.15, 0.2) is 30.5 Å². The van der Waals surface area contributed by atoms with Crippen molar-refractivity contribution in [3.63, 3.8) is 0 Å². The standard InChI is InChI=1S/C13H13F4N3/c1-20-11(4-5-19-20)8-18-7-9-2-3-10(14)6-12(9)13(15,16)17/h2-6,18H,7-8H2,1H3. The summed E-state index contributed by atoms with van der Waals surface area (Å²) in [6, 6.07) is 4.45. The van der Waals surface area contributed by atoms with Gasteiger partial charge in [0.25, 0.3) is 0 Å². The Bertz CT molecular complexity index is 590. The van der Waals surface area contributed by atoms with Gasteiger partial charge in [-0.15, -0.1) is 0 Å². The summed E-state index contributed by atoms with van der Waals surface area (Å²) in [4.78, 5) is 0. The minimum atomic E-state index is -4.56. The maximum Gasteiger partial charge on any atom is 0.416 e. The molecule has 0 unspecified atom stereocenters. The number of aromatic nitrogens is 2. The van der Waals surface area contributed by atoms with Gasteiger partial charge in [-0.05, 0) is 23.8 Å². The molecule has 0 atom stereocenters. The van der Waals surface area contributed by atoms with Crippen molar-refractivity contribution in [1.82, 2.24) is 15.1 Å². The Morgan fingerprint density at radius 1 is 1.20 bits per heavy atom. The summed E-state index contributed by atoms with van der Waals surface area (Å²) >= 11 is 0. The molecule has 1 heterocycles. The van der Waals surface area contributed by atoms with E-state index in [2.05, 4.69) is 10.4 Å². The molecule has 0 amide bonds. The van der Waals surface area contributed by atoms with Gasteiger partial charge >= 0.3 is 6.18 Å². The van der Waals surface area contributed by atoms with E-state index in [0.29, 0.717) is 12.6 Å². The smallest absolute Gasteiger partial charge is 0.307 e. The van der Waals surface area contributed by atoms with Crippen molar-refractivity contribution in [2.45, 2.75) is 19.3 Å². The number of hydrogen-bond acceptors (Lipinski definition) is 2. The number of aryl methyl sites for hydroxylation is 1. The zero-order chi connectivity index (χ0) is 14.8. The largest absolute Gasteiger partial charge is 0.416 e. The van der Waals surface area contributed by atoms with Gasteiger partial charge in [0.15, 0.2) is 0 Å². The Kier molecular flexibility index (Phi) is 4.08. The lowest BCUT2D eigenvalue weighted by atomic mass is 10.1. The second kappa shape index (κ2) is 5.62. The zero-order valence-corrected chi connectivity index (χ0v) is 10.7. The molecule has 7 heteroatoms. The van der Waals surface area contributed by atoms with Gasteiger partial charge in [0.1, 0.15) is 5.82 Å². The summed E-state index contributed by atoms with van der Waals surface area (Å²) in [5, 5.41) is 6.85. The minimum absolute atomic E-state index is 0.000301. The van der Waals surface area contributed by atoms with Crippen molar-refractivity contribution in [3.05, 3.63) is 53.1 Å². The third-order valence-corrected chi connectivity index (χ3v) is 2.92. The van der Waals surface area contributed by atoms with Gasteiger partial charge in [-0.2, -0.15) is 18.3 Å². The van der Waals surface area contributed by atoms with Crippen LogP contribution in [0, 0.1) is 5.82 Å². The van der Waals surface area contributed by atoms with Crippen LogP contribution in [-0.2, 0) is 26.3 Å². The maximum absolute atomic E-state index is 12.9. The summed E-state index contributed by atoms with van der Waals surface area (Å²) in [6.07, 6.45) is -2.96. The predicted octanol–water partition coefficient (Wildman–Crippen LogP) is 2.87. The highest BCUT2D eigenvalue weighted by Crippen LogP contribution is 2.32. The van der Waals surface area contributed by atoms with E-state index < -0.39 is 17.6 Å². The topological polar surface area (TPSA) is 29.9 Å². The van der Waals surface area contributed by atoms with E-state index in [1.165, 1.54) is 0 Å². The number of halogens is 4. The lowest BCUT2D eigenvalue weighted by Gasteiger charge is -2.13. The molecular formula is C13H13F4N3. The van der Waals surface area contributed by atoms with E-state index in [-0.39, 0.29) is 12.1 Å². The van der Waals surface area contributed by atoms with E-state index in [4.69, 9.17) is 0 Å². The molecule has 0 aliphatic rings. The van der Waals surface area contributed by atoms with Crippen LogP contribution in [0.1, 0.15) is 16.8 Å². The van der Waals surface area contributed by atoms with Gasteiger partial charge in [-0.1, -0.05) is 6.07 Å². The quantitative estimate of drug-likeness (QED) is 0.876. The Morgan fingerprint density at radius 2 is 1.95 bits per heavy atom. The maximum atomic E-state index is 12.9. The van der Waals surface area contributed by atoms with Crippen LogP contribution < -0.4 is 5.32 Å². The van der Waals surface area contributed by atoms with Crippen LogP contribution in [0.25, 0.3) is 0 Å². The van der Waals surface area contributed by atoms with Gasteiger partial charge in [-0.25, -0.2) is 4.39 Å². The molecule has 2 aromatic rings.